The minimum absolute atomic E-state index is 0.277. The third kappa shape index (κ3) is 4.53. The topological polar surface area (TPSA) is 105 Å². The summed E-state index contributed by atoms with van der Waals surface area (Å²) >= 11 is 0. The Morgan fingerprint density at radius 1 is 1.03 bits per heavy atom. The van der Waals surface area contributed by atoms with Gasteiger partial charge in [-0.3, -0.25) is 9.58 Å². The molecule has 1 aromatic carbocycles. The van der Waals surface area contributed by atoms with Gasteiger partial charge in [0.05, 0.1) is 36.4 Å². The van der Waals surface area contributed by atoms with Gasteiger partial charge in [-0.05, 0) is 6.07 Å². The first-order valence-electron chi connectivity index (χ1n) is 10.7. The van der Waals surface area contributed by atoms with Crippen molar-refractivity contribution in [1.82, 2.24) is 39.3 Å². The van der Waals surface area contributed by atoms with E-state index in [-0.39, 0.29) is 12.4 Å². The number of halogens is 1. The van der Waals surface area contributed by atoms with E-state index >= 15 is 0 Å². The molecule has 33 heavy (non-hydrogen) atoms. The zero-order valence-electron chi connectivity index (χ0n) is 17.9. The number of hydrogen-bond acceptors (Lipinski definition) is 6. The molecule has 0 saturated carbocycles. The van der Waals surface area contributed by atoms with Gasteiger partial charge in [0.25, 0.3) is 0 Å². The van der Waals surface area contributed by atoms with Gasteiger partial charge in [-0.2, -0.15) is 10.2 Å². The normalized spacial score (nSPS) is 14.8. The van der Waals surface area contributed by atoms with E-state index in [0.29, 0.717) is 49.8 Å². The monoisotopic (exact) mass is 450 g/mol. The minimum atomic E-state index is -0.862. The van der Waals surface area contributed by atoms with Crippen LogP contribution >= 0.6 is 0 Å². The molecule has 0 atom stereocenters. The lowest BCUT2D eigenvalue weighted by atomic mass is 10.2. The molecule has 1 amide bonds. The molecule has 1 aliphatic rings. The Kier molecular flexibility index (Phi) is 5.69. The molecule has 0 unspecified atom stereocenters. The Balaban J connectivity index is 1.27. The second-order valence-electron chi connectivity index (χ2n) is 7.97. The van der Waals surface area contributed by atoms with E-state index in [0.717, 1.165) is 17.5 Å². The Hall–Kier alpha value is -3.86. The van der Waals surface area contributed by atoms with Crippen LogP contribution in [0.2, 0.25) is 0 Å². The maximum absolute atomic E-state index is 14.1. The van der Waals surface area contributed by atoms with Crippen molar-refractivity contribution < 1.29 is 14.3 Å². The average molecular weight is 450 g/mol. The molecule has 1 fully saturated rings. The van der Waals surface area contributed by atoms with E-state index in [1.165, 1.54) is 11.0 Å². The molecule has 10 nitrogen and oxygen atoms in total. The summed E-state index contributed by atoms with van der Waals surface area (Å²) in [4.78, 5) is 23.8. The summed E-state index contributed by atoms with van der Waals surface area (Å²) < 4.78 is 17.6. The number of piperazine rings is 1. The Morgan fingerprint density at radius 2 is 1.85 bits per heavy atom. The van der Waals surface area contributed by atoms with Crippen LogP contribution in [-0.2, 0) is 13.1 Å². The van der Waals surface area contributed by atoms with Gasteiger partial charge in [0.2, 0.25) is 0 Å². The molecule has 1 aliphatic heterocycles. The first-order chi connectivity index (χ1) is 16.1. The maximum atomic E-state index is 14.1. The quantitative estimate of drug-likeness (QED) is 0.480. The van der Waals surface area contributed by atoms with Gasteiger partial charge in [-0.25, -0.2) is 23.8 Å². The molecule has 3 aromatic heterocycles. The van der Waals surface area contributed by atoms with Crippen molar-refractivity contribution in [2.75, 3.05) is 32.7 Å². The van der Waals surface area contributed by atoms with Crippen LogP contribution < -0.4 is 0 Å². The molecule has 4 aromatic rings. The molecule has 11 heteroatoms. The van der Waals surface area contributed by atoms with Crippen LogP contribution in [0.5, 0.6) is 0 Å². The molecule has 170 valence electrons. The van der Waals surface area contributed by atoms with Crippen molar-refractivity contribution in [3.05, 3.63) is 60.4 Å². The molecule has 1 N–H and O–H groups in total. The average Bonchev–Trinajstić information content (AvgIpc) is 3.46. The van der Waals surface area contributed by atoms with Crippen LogP contribution in [0, 0.1) is 5.82 Å². The van der Waals surface area contributed by atoms with E-state index in [9.17, 15) is 9.18 Å². The molecule has 0 spiro atoms. The Bertz CT molecular complexity index is 1280. The minimum Gasteiger partial charge on any atom is -0.465 e. The van der Waals surface area contributed by atoms with Crippen LogP contribution in [0.25, 0.3) is 22.4 Å². The van der Waals surface area contributed by atoms with Gasteiger partial charge >= 0.3 is 6.09 Å². The highest BCUT2D eigenvalue weighted by Crippen LogP contribution is 2.19. The summed E-state index contributed by atoms with van der Waals surface area (Å²) in [5.41, 5.74) is 1.96. The highest BCUT2D eigenvalue weighted by Gasteiger charge is 2.20. The smallest absolute Gasteiger partial charge is 0.407 e. The van der Waals surface area contributed by atoms with E-state index in [4.69, 9.17) is 5.11 Å². The molecule has 0 radical (unpaired) electrons. The fraction of sp³-hybridized carbons (Fsp3) is 0.318. The van der Waals surface area contributed by atoms with Gasteiger partial charge in [0.15, 0.2) is 11.5 Å². The summed E-state index contributed by atoms with van der Waals surface area (Å²) in [6, 6.07) is 6.62. The van der Waals surface area contributed by atoms with Crippen molar-refractivity contribution >= 4 is 17.1 Å². The van der Waals surface area contributed by atoms with Gasteiger partial charge in [0, 0.05) is 50.7 Å². The summed E-state index contributed by atoms with van der Waals surface area (Å²) in [5.74, 6) is 0.250. The summed E-state index contributed by atoms with van der Waals surface area (Å²) in [6.07, 6.45) is 6.14. The molecule has 0 aliphatic carbocycles. The van der Waals surface area contributed by atoms with Crippen molar-refractivity contribution in [1.29, 1.82) is 0 Å². The van der Waals surface area contributed by atoms with E-state index in [1.807, 2.05) is 10.9 Å². The fourth-order valence-electron chi connectivity index (χ4n) is 3.92. The SMILES string of the molecule is O=C(O)N1CCN(CCn2cc(-c3ncc4cnn(Cc5ccccc5F)c4n3)cn2)CC1. The number of rotatable bonds is 6. The summed E-state index contributed by atoms with van der Waals surface area (Å²) in [7, 11) is 0. The molecule has 5 rings (SSSR count). The van der Waals surface area contributed by atoms with E-state index < -0.39 is 6.09 Å². The van der Waals surface area contributed by atoms with Crippen LogP contribution in [-0.4, -0.2) is 83.3 Å². The van der Waals surface area contributed by atoms with Gasteiger partial charge in [-0.1, -0.05) is 18.2 Å². The number of carbonyl (C=O) groups is 1. The van der Waals surface area contributed by atoms with Crippen molar-refractivity contribution in [3.63, 3.8) is 0 Å². The Labute approximate surface area is 188 Å². The van der Waals surface area contributed by atoms with Gasteiger partial charge < -0.3 is 10.0 Å². The van der Waals surface area contributed by atoms with Crippen molar-refractivity contribution in [3.8, 4) is 11.4 Å². The molecular weight excluding hydrogens is 427 g/mol. The first-order valence-corrected chi connectivity index (χ1v) is 10.7. The first kappa shape index (κ1) is 21.0. The lowest BCUT2D eigenvalue weighted by molar-refractivity contribution is 0.103. The van der Waals surface area contributed by atoms with Crippen molar-refractivity contribution in [2.45, 2.75) is 13.1 Å². The zero-order valence-corrected chi connectivity index (χ0v) is 17.9. The van der Waals surface area contributed by atoms with E-state index in [2.05, 4.69) is 25.1 Å². The third-order valence-corrected chi connectivity index (χ3v) is 5.83. The van der Waals surface area contributed by atoms with Gasteiger partial charge in [-0.15, -0.1) is 0 Å². The molecular formula is C22H23FN8O2. The lowest BCUT2D eigenvalue weighted by Crippen LogP contribution is -2.48. The highest BCUT2D eigenvalue weighted by atomic mass is 19.1. The van der Waals surface area contributed by atoms with Crippen LogP contribution in [0.3, 0.4) is 0 Å². The highest BCUT2D eigenvalue weighted by molar-refractivity contribution is 5.75. The van der Waals surface area contributed by atoms with Crippen LogP contribution in [0.4, 0.5) is 9.18 Å². The summed E-state index contributed by atoms with van der Waals surface area (Å²) in [6.45, 7) is 4.21. The zero-order chi connectivity index (χ0) is 22.8. The number of amides is 1. The van der Waals surface area contributed by atoms with Crippen LogP contribution in [0.15, 0.2) is 49.1 Å². The standard InChI is InChI=1S/C22H23FN8O2/c23-19-4-2-1-3-16(19)15-31-21-17(12-26-31)11-24-20(27-21)18-13-25-30(14-18)10-7-28-5-8-29(9-6-28)22(32)33/h1-4,11-14H,5-10,15H2,(H,32,33). The number of carboxylic acid groups (broad SMARTS) is 1. The van der Waals surface area contributed by atoms with E-state index in [1.54, 1.807) is 41.5 Å². The largest absolute Gasteiger partial charge is 0.465 e. The third-order valence-electron chi connectivity index (χ3n) is 5.83. The lowest BCUT2D eigenvalue weighted by Gasteiger charge is -2.32. The van der Waals surface area contributed by atoms with Gasteiger partial charge in [0.1, 0.15) is 5.82 Å². The molecule has 4 heterocycles. The fourth-order valence-corrected chi connectivity index (χ4v) is 3.92. The number of aromatic nitrogens is 6. The number of fused-ring (bicyclic) bond motifs is 1. The second-order valence-corrected chi connectivity index (χ2v) is 7.97. The number of nitrogens with zero attached hydrogens (tertiary/aromatic N) is 8. The second kappa shape index (κ2) is 8.94. The summed E-state index contributed by atoms with van der Waals surface area (Å²) in [5, 5.41) is 18.6. The predicted molar refractivity (Wildman–Crippen MR) is 118 cm³/mol. The number of benzene rings is 1. The molecule has 1 saturated heterocycles. The molecule has 0 bridgehead atoms. The predicted octanol–water partition coefficient (Wildman–Crippen LogP) is 2.17. The maximum Gasteiger partial charge on any atom is 0.407 e. The van der Waals surface area contributed by atoms with Crippen molar-refractivity contribution in [2.24, 2.45) is 0 Å². The number of hydrogen-bond donors (Lipinski definition) is 1. The Morgan fingerprint density at radius 3 is 2.64 bits per heavy atom. The van der Waals surface area contributed by atoms with Crippen LogP contribution in [0.1, 0.15) is 5.56 Å².